The second kappa shape index (κ2) is 6.24. The molecule has 1 aromatic carbocycles. The van der Waals surface area contributed by atoms with Gasteiger partial charge in [-0.15, -0.1) is 0 Å². The second-order valence-electron chi connectivity index (χ2n) is 6.38. The van der Waals surface area contributed by atoms with Gasteiger partial charge in [0.25, 0.3) is 5.91 Å². The molecule has 0 radical (unpaired) electrons. The normalized spacial score (nSPS) is 19.2. The van der Waals surface area contributed by atoms with E-state index in [9.17, 15) is 13.2 Å². The summed E-state index contributed by atoms with van der Waals surface area (Å²) in [5.74, 6) is 0.00691. The first-order chi connectivity index (χ1) is 12.1. The first kappa shape index (κ1) is 16.2. The van der Waals surface area contributed by atoms with Crippen LogP contribution in [0.1, 0.15) is 28.9 Å². The van der Waals surface area contributed by atoms with Crippen LogP contribution in [-0.4, -0.2) is 47.6 Å². The summed E-state index contributed by atoms with van der Waals surface area (Å²) < 4.78 is 26.9. The standard InChI is InChI=1S/C18H19N3O3S/c22-18-16-7-4-10-19-17(16)13-21(18)14-8-11-20(12-9-14)25(23,24)15-5-2-1-3-6-15/h1-7,10,14H,8-9,11-13H2. The summed E-state index contributed by atoms with van der Waals surface area (Å²) in [6.45, 7) is 1.37. The molecule has 130 valence electrons. The van der Waals surface area contributed by atoms with Gasteiger partial charge >= 0.3 is 0 Å². The molecule has 0 spiro atoms. The van der Waals surface area contributed by atoms with Gasteiger partial charge in [-0.25, -0.2) is 8.42 Å². The first-order valence-electron chi connectivity index (χ1n) is 8.37. The van der Waals surface area contributed by atoms with Gasteiger partial charge in [0, 0.05) is 25.3 Å². The Morgan fingerprint density at radius 3 is 2.40 bits per heavy atom. The van der Waals surface area contributed by atoms with E-state index in [0.717, 1.165) is 5.69 Å². The number of aromatic nitrogens is 1. The summed E-state index contributed by atoms with van der Waals surface area (Å²) in [5, 5.41) is 0. The molecule has 4 rings (SSSR count). The smallest absolute Gasteiger partial charge is 0.256 e. The molecule has 0 bridgehead atoms. The number of fused-ring (bicyclic) bond motifs is 1. The van der Waals surface area contributed by atoms with Crippen molar-refractivity contribution in [2.45, 2.75) is 30.3 Å². The van der Waals surface area contributed by atoms with Crippen LogP contribution in [0, 0.1) is 0 Å². The molecule has 2 aliphatic rings. The van der Waals surface area contributed by atoms with Gasteiger partial charge in [-0.3, -0.25) is 9.78 Å². The third-order valence-corrected chi connectivity index (χ3v) is 6.86. The van der Waals surface area contributed by atoms with Gasteiger partial charge in [0.05, 0.1) is 22.7 Å². The molecular weight excluding hydrogens is 338 g/mol. The Labute approximate surface area is 147 Å². The quantitative estimate of drug-likeness (QED) is 0.841. The molecule has 6 nitrogen and oxygen atoms in total. The average molecular weight is 357 g/mol. The van der Waals surface area contributed by atoms with Crippen molar-refractivity contribution >= 4 is 15.9 Å². The Kier molecular flexibility index (Phi) is 4.05. The fraction of sp³-hybridized carbons (Fsp3) is 0.333. The summed E-state index contributed by atoms with van der Waals surface area (Å²) in [4.78, 5) is 19.0. The lowest BCUT2D eigenvalue weighted by atomic mass is 10.1. The number of pyridine rings is 1. The number of hydrogen-bond acceptors (Lipinski definition) is 4. The summed E-state index contributed by atoms with van der Waals surface area (Å²) in [7, 11) is -3.46. The molecule has 1 aromatic heterocycles. The highest BCUT2D eigenvalue weighted by molar-refractivity contribution is 7.89. The van der Waals surface area contributed by atoms with Gasteiger partial charge in [0.2, 0.25) is 10.0 Å². The van der Waals surface area contributed by atoms with E-state index in [1.54, 1.807) is 48.7 Å². The molecule has 1 saturated heterocycles. The molecule has 3 heterocycles. The predicted octanol–water partition coefficient (Wildman–Crippen LogP) is 1.89. The average Bonchev–Trinajstić information content (AvgIpc) is 3.00. The molecule has 25 heavy (non-hydrogen) atoms. The lowest BCUT2D eigenvalue weighted by Crippen LogP contribution is -2.46. The number of carbonyl (C=O) groups excluding carboxylic acids is 1. The molecule has 0 saturated carbocycles. The molecule has 7 heteroatoms. The molecule has 0 unspecified atom stereocenters. The van der Waals surface area contributed by atoms with Gasteiger partial charge in [-0.2, -0.15) is 4.31 Å². The fourth-order valence-electron chi connectivity index (χ4n) is 3.58. The van der Waals surface area contributed by atoms with E-state index in [1.807, 2.05) is 4.90 Å². The van der Waals surface area contributed by atoms with Crippen molar-refractivity contribution in [1.29, 1.82) is 0 Å². The van der Waals surface area contributed by atoms with E-state index < -0.39 is 10.0 Å². The van der Waals surface area contributed by atoms with Crippen LogP contribution in [0.3, 0.4) is 0 Å². The number of benzene rings is 1. The number of hydrogen-bond donors (Lipinski definition) is 0. The van der Waals surface area contributed by atoms with Crippen molar-refractivity contribution in [2.24, 2.45) is 0 Å². The first-order valence-corrected chi connectivity index (χ1v) is 9.81. The zero-order valence-corrected chi connectivity index (χ0v) is 14.5. The minimum atomic E-state index is -3.46. The van der Waals surface area contributed by atoms with Crippen molar-refractivity contribution in [3.8, 4) is 0 Å². The van der Waals surface area contributed by atoms with Gasteiger partial charge in [-0.05, 0) is 37.1 Å². The maximum Gasteiger partial charge on any atom is 0.256 e. The molecule has 0 aliphatic carbocycles. The Morgan fingerprint density at radius 2 is 1.72 bits per heavy atom. The van der Waals surface area contributed by atoms with Crippen LogP contribution in [0.15, 0.2) is 53.6 Å². The highest BCUT2D eigenvalue weighted by Crippen LogP contribution is 2.29. The van der Waals surface area contributed by atoms with Crippen LogP contribution < -0.4 is 0 Å². The summed E-state index contributed by atoms with van der Waals surface area (Å²) in [6.07, 6.45) is 2.99. The maximum absolute atomic E-state index is 12.7. The third kappa shape index (κ3) is 2.83. The van der Waals surface area contributed by atoms with E-state index in [2.05, 4.69) is 4.98 Å². The Bertz CT molecular complexity index is 891. The largest absolute Gasteiger partial charge is 0.330 e. The highest BCUT2D eigenvalue weighted by Gasteiger charge is 2.37. The van der Waals surface area contributed by atoms with E-state index in [1.165, 1.54) is 4.31 Å². The Hall–Kier alpha value is -2.25. The minimum absolute atomic E-state index is 0.00691. The van der Waals surface area contributed by atoms with Crippen LogP contribution in [0.4, 0.5) is 0 Å². The van der Waals surface area contributed by atoms with Crippen molar-refractivity contribution in [3.63, 3.8) is 0 Å². The number of rotatable bonds is 3. The summed E-state index contributed by atoms with van der Waals surface area (Å²) in [6, 6.07) is 12.1. The van der Waals surface area contributed by atoms with Crippen LogP contribution in [0.25, 0.3) is 0 Å². The number of piperidine rings is 1. The van der Waals surface area contributed by atoms with Crippen molar-refractivity contribution in [2.75, 3.05) is 13.1 Å². The molecule has 1 amide bonds. The van der Waals surface area contributed by atoms with Gasteiger partial charge < -0.3 is 4.90 Å². The molecule has 2 aliphatic heterocycles. The van der Waals surface area contributed by atoms with Crippen molar-refractivity contribution in [1.82, 2.24) is 14.2 Å². The van der Waals surface area contributed by atoms with E-state index in [-0.39, 0.29) is 11.9 Å². The van der Waals surface area contributed by atoms with Crippen LogP contribution in [-0.2, 0) is 16.6 Å². The van der Waals surface area contributed by atoms with Crippen LogP contribution in [0.5, 0.6) is 0 Å². The number of sulfonamides is 1. The van der Waals surface area contributed by atoms with Gasteiger partial charge in [0.1, 0.15) is 0 Å². The molecule has 0 N–H and O–H groups in total. The lowest BCUT2D eigenvalue weighted by Gasteiger charge is -2.35. The fourth-order valence-corrected chi connectivity index (χ4v) is 5.07. The summed E-state index contributed by atoms with van der Waals surface area (Å²) in [5.41, 5.74) is 1.48. The minimum Gasteiger partial charge on any atom is -0.330 e. The third-order valence-electron chi connectivity index (χ3n) is 4.95. The van der Waals surface area contributed by atoms with E-state index >= 15 is 0 Å². The maximum atomic E-state index is 12.7. The SMILES string of the molecule is O=C1c2cccnc2CN1C1CCN(S(=O)(=O)c2ccccc2)CC1. The van der Waals surface area contributed by atoms with Crippen molar-refractivity contribution in [3.05, 3.63) is 59.9 Å². The van der Waals surface area contributed by atoms with Gasteiger partial charge in [-0.1, -0.05) is 18.2 Å². The predicted molar refractivity (Wildman–Crippen MR) is 92.3 cm³/mol. The second-order valence-corrected chi connectivity index (χ2v) is 8.32. The topological polar surface area (TPSA) is 70.6 Å². The molecule has 0 atom stereocenters. The monoisotopic (exact) mass is 357 g/mol. The van der Waals surface area contributed by atoms with Crippen LogP contribution in [0.2, 0.25) is 0 Å². The van der Waals surface area contributed by atoms with Gasteiger partial charge in [0.15, 0.2) is 0 Å². The zero-order chi connectivity index (χ0) is 17.4. The van der Waals surface area contributed by atoms with E-state index in [0.29, 0.717) is 42.9 Å². The lowest BCUT2D eigenvalue weighted by molar-refractivity contribution is 0.0642. The van der Waals surface area contributed by atoms with E-state index in [4.69, 9.17) is 0 Å². The number of carbonyl (C=O) groups is 1. The highest BCUT2D eigenvalue weighted by atomic mass is 32.2. The zero-order valence-electron chi connectivity index (χ0n) is 13.7. The summed E-state index contributed by atoms with van der Waals surface area (Å²) >= 11 is 0. The Balaban J connectivity index is 1.45. The number of amides is 1. The number of nitrogens with zero attached hydrogens (tertiary/aromatic N) is 3. The molecule has 1 fully saturated rings. The van der Waals surface area contributed by atoms with Crippen molar-refractivity contribution < 1.29 is 13.2 Å². The Morgan fingerprint density at radius 1 is 1.00 bits per heavy atom. The molecule has 2 aromatic rings. The molecular formula is C18H19N3O3S. The van der Waals surface area contributed by atoms with Crippen LogP contribution >= 0.6 is 0 Å².